The number of aliphatic hydroxyl groups is 2. The van der Waals surface area contributed by atoms with E-state index in [1.807, 2.05) is 0 Å². The maximum atomic E-state index is 12.9. The maximum Gasteiger partial charge on any atom is 0.416 e. The Morgan fingerprint density at radius 3 is 2.55 bits per heavy atom. The molecule has 3 amide bonds. The van der Waals surface area contributed by atoms with Crippen LogP contribution in [-0.2, 0) is 26.9 Å². The summed E-state index contributed by atoms with van der Waals surface area (Å²) in [6, 6.07) is 2.62. The van der Waals surface area contributed by atoms with Gasteiger partial charge in [-0.15, -0.1) is 0 Å². The van der Waals surface area contributed by atoms with Gasteiger partial charge in [-0.2, -0.15) is 13.2 Å². The number of guanidine groups is 2. The van der Waals surface area contributed by atoms with E-state index in [1.54, 1.807) is 0 Å². The van der Waals surface area contributed by atoms with Crippen LogP contribution in [0.4, 0.5) is 18.0 Å². The van der Waals surface area contributed by atoms with Gasteiger partial charge < -0.3 is 41.1 Å². The molecule has 14 nitrogen and oxygen atoms in total. The van der Waals surface area contributed by atoms with Crippen molar-refractivity contribution in [1.29, 1.82) is 10.8 Å². The van der Waals surface area contributed by atoms with Crippen LogP contribution in [0.3, 0.4) is 0 Å². The number of alkyl halides is 3. The van der Waals surface area contributed by atoms with Crippen molar-refractivity contribution in [1.82, 2.24) is 31.1 Å². The van der Waals surface area contributed by atoms with Crippen LogP contribution in [0.15, 0.2) is 24.3 Å². The highest BCUT2D eigenvalue weighted by molar-refractivity contribution is 6.02. The molecule has 5 rings (SSSR count). The lowest BCUT2D eigenvalue weighted by atomic mass is 9.85. The third-order valence-corrected chi connectivity index (χ3v) is 7.56. The van der Waals surface area contributed by atoms with Gasteiger partial charge in [-0.25, -0.2) is 4.79 Å². The number of rotatable bonds is 6. The zero-order chi connectivity index (χ0) is 29.0. The fourth-order valence-corrected chi connectivity index (χ4v) is 5.67. The van der Waals surface area contributed by atoms with Crippen LogP contribution < -0.4 is 21.3 Å². The lowest BCUT2D eigenvalue weighted by Gasteiger charge is -2.51. The second-order valence-corrected chi connectivity index (χ2v) is 9.99. The standard InChI is InChI=1S/C23H27F3N8O6/c24-23(25,26)12-3-1-2-11(8-12)6-7-29-20(37)40-14-10-34-19(28)30-13(9-33-15(35)4-5-16(33)36)17-21(34,22(14,38)39)32-18(27)31-17/h1-3,8,13-14,17,38-39H,4-7,9-10H2,(H2,28,30)(H,29,37)(H3,27,31,32)/t13-,14-,17?,21?/m0/s1. The highest BCUT2D eigenvalue weighted by Crippen LogP contribution is 2.44. The Morgan fingerprint density at radius 1 is 1.18 bits per heavy atom. The fraction of sp³-hybridized carbons (Fsp3) is 0.522. The minimum atomic E-state index is -4.51. The molecule has 1 spiro atoms. The van der Waals surface area contributed by atoms with Crippen LogP contribution in [0.5, 0.6) is 0 Å². The van der Waals surface area contributed by atoms with Crippen LogP contribution in [-0.4, -0.2) is 99.1 Å². The minimum Gasteiger partial charge on any atom is -0.438 e. The number of alkyl carbamates (subject to hydrolysis) is 1. The van der Waals surface area contributed by atoms with Crippen molar-refractivity contribution in [2.24, 2.45) is 0 Å². The molecule has 17 heteroatoms. The first-order valence-corrected chi connectivity index (χ1v) is 12.4. The SMILES string of the molecule is N=C1NC2[C@H](CN3C(=O)CCC3=O)NC(=N)N3C[C@H](OC(=O)NCCc4cccc(C(F)(F)F)c4)C(O)(O)C23N1. The topological polar surface area (TPSA) is 203 Å². The third kappa shape index (κ3) is 4.43. The fourth-order valence-electron chi connectivity index (χ4n) is 5.67. The average molecular weight is 569 g/mol. The summed E-state index contributed by atoms with van der Waals surface area (Å²) < 4.78 is 44.1. The number of ether oxygens (including phenoxy) is 1. The Bertz CT molecular complexity index is 1260. The molecule has 0 radical (unpaired) electrons. The number of carbonyl (C=O) groups excluding carboxylic acids is 3. The monoisotopic (exact) mass is 568 g/mol. The van der Waals surface area contributed by atoms with Crippen molar-refractivity contribution in [3.8, 4) is 0 Å². The van der Waals surface area contributed by atoms with Crippen molar-refractivity contribution >= 4 is 29.8 Å². The number of imide groups is 1. The van der Waals surface area contributed by atoms with E-state index in [9.17, 15) is 37.8 Å². The Balaban J connectivity index is 1.28. The number of halogens is 3. The molecule has 2 unspecified atom stereocenters. The predicted octanol–water partition coefficient (Wildman–Crippen LogP) is -1.41. The first kappa shape index (κ1) is 27.4. The number of nitrogens with zero attached hydrogens (tertiary/aromatic N) is 2. The highest BCUT2D eigenvalue weighted by atomic mass is 19.4. The Labute approximate surface area is 224 Å². The van der Waals surface area contributed by atoms with Gasteiger partial charge in [-0.3, -0.25) is 25.3 Å². The van der Waals surface area contributed by atoms with Gasteiger partial charge in [0.2, 0.25) is 17.6 Å². The van der Waals surface area contributed by atoms with E-state index in [4.69, 9.17) is 15.6 Å². The molecule has 4 heterocycles. The lowest BCUT2D eigenvalue weighted by Crippen LogP contribution is -2.81. The number of hydrogen-bond acceptors (Lipinski definition) is 8. The molecule has 1 aromatic rings. The smallest absolute Gasteiger partial charge is 0.416 e. The normalized spacial score (nSPS) is 29.0. The summed E-state index contributed by atoms with van der Waals surface area (Å²) in [5.41, 5.74) is -2.49. The number of amides is 3. The quantitative estimate of drug-likeness (QED) is 0.149. The molecule has 0 bridgehead atoms. The molecule has 1 aromatic carbocycles. The second-order valence-electron chi connectivity index (χ2n) is 9.99. The van der Waals surface area contributed by atoms with Crippen molar-refractivity contribution in [3.05, 3.63) is 35.4 Å². The predicted molar refractivity (Wildman–Crippen MR) is 128 cm³/mol. The van der Waals surface area contributed by atoms with Gasteiger partial charge in [0, 0.05) is 19.4 Å². The molecule has 4 atom stereocenters. The van der Waals surface area contributed by atoms with Gasteiger partial charge in [-0.1, -0.05) is 18.2 Å². The third-order valence-electron chi connectivity index (χ3n) is 7.56. The summed E-state index contributed by atoms with van der Waals surface area (Å²) in [7, 11) is 0. The number of benzene rings is 1. The van der Waals surface area contributed by atoms with E-state index in [-0.39, 0.29) is 50.8 Å². The van der Waals surface area contributed by atoms with Crippen molar-refractivity contribution in [2.45, 2.75) is 55.1 Å². The van der Waals surface area contributed by atoms with Crippen LogP contribution in [0, 0.1) is 10.8 Å². The summed E-state index contributed by atoms with van der Waals surface area (Å²) >= 11 is 0. The van der Waals surface area contributed by atoms with Crippen molar-refractivity contribution < 1.29 is 42.5 Å². The molecule has 0 aromatic heterocycles. The van der Waals surface area contributed by atoms with E-state index in [0.29, 0.717) is 5.56 Å². The largest absolute Gasteiger partial charge is 0.438 e. The summed E-state index contributed by atoms with van der Waals surface area (Å²) in [5.74, 6) is -4.35. The zero-order valence-electron chi connectivity index (χ0n) is 20.8. The molecule has 0 saturated carbocycles. The summed E-state index contributed by atoms with van der Waals surface area (Å²) in [4.78, 5) is 39.1. The Morgan fingerprint density at radius 2 is 1.88 bits per heavy atom. The number of carbonyl (C=O) groups is 3. The van der Waals surface area contributed by atoms with E-state index < -0.39 is 59.3 Å². The second kappa shape index (κ2) is 9.51. The van der Waals surface area contributed by atoms with E-state index in [1.165, 1.54) is 17.0 Å². The molecule has 0 aliphatic carbocycles. The van der Waals surface area contributed by atoms with Gasteiger partial charge in [0.15, 0.2) is 23.7 Å². The van der Waals surface area contributed by atoms with E-state index >= 15 is 0 Å². The van der Waals surface area contributed by atoms with Crippen LogP contribution in [0.2, 0.25) is 0 Å². The molecule has 4 fully saturated rings. The van der Waals surface area contributed by atoms with Crippen LogP contribution in [0.25, 0.3) is 0 Å². The van der Waals surface area contributed by atoms with Gasteiger partial charge >= 0.3 is 12.3 Å². The van der Waals surface area contributed by atoms with Crippen molar-refractivity contribution in [3.63, 3.8) is 0 Å². The summed E-state index contributed by atoms with van der Waals surface area (Å²) in [6.45, 7) is -0.706. The van der Waals surface area contributed by atoms with Crippen molar-refractivity contribution in [2.75, 3.05) is 19.6 Å². The Kier molecular flexibility index (Phi) is 6.53. The Hall–Kier alpha value is -4.12. The molecular formula is C23H27F3N8O6. The van der Waals surface area contributed by atoms with Gasteiger partial charge in [0.05, 0.1) is 30.7 Å². The number of hydrogen-bond donors (Lipinski definition) is 8. The van der Waals surface area contributed by atoms with E-state index in [0.717, 1.165) is 17.0 Å². The van der Waals surface area contributed by atoms with E-state index in [2.05, 4.69) is 21.3 Å². The lowest BCUT2D eigenvalue weighted by molar-refractivity contribution is -0.257. The molecule has 4 aliphatic rings. The number of nitrogens with one attached hydrogen (secondary N) is 6. The highest BCUT2D eigenvalue weighted by Gasteiger charge is 2.75. The molecule has 8 N–H and O–H groups in total. The molecule has 40 heavy (non-hydrogen) atoms. The van der Waals surface area contributed by atoms with Gasteiger partial charge in [0.25, 0.3) is 0 Å². The van der Waals surface area contributed by atoms with Gasteiger partial charge in [-0.05, 0) is 18.1 Å². The average Bonchev–Trinajstić information content (AvgIpc) is 3.46. The first-order chi connectivity index (χ1) is 18.7. The summed E-state index contributed by atoms with van der Waals surface area (Å²) in [6.07, 6.45) is -7.12. The zero-order valence-corrected chi connectivity index (χ0v) is 20.8. The van der Waals surface area contributed by atoms with Gasteiger partial charge in [0.1, 0.15) is 0 Å². The molecule has 216 valence electrons. The summed E-state index contributed by atoms with van der Waals surface area (Å²) in [5, 5.41) is 49.8. The molecular weight excluding hydrogens is 541 g/mol. The molecule has 4 aliphatic heterocycles. The number of likely N-dealkylation sites (tertiary alicyclic amines) is 1. The minimum absolute atomic E-state index is 0.0369. The van der Waals surface area contributed by atoms with Crippen LogP contribution >= 0.6 is 0 Å². The first-order valence-electron chi connectivity index (χ1n) is 12.4. The molecule has 4 saturated heterocycles. The van der Waals surface area contributed by atoms with Crippen LogP contribution in [0.1, 0.15) is 24.0 Å². The maximum absolute atomic E-state index is 12.9.